The number of carbonyl (C=O) groups excluding carboxylic acids is 2. The highest BCUT2D eigenvalue weighted by Gasteiger charge is 2.43. The zero-order valence-corrected chi connectivity index (χ0v) is 8.30. The van der Waals surface area contributed by atoms with Gasteiger partial charge in [0.25, 0.3) is 5.91 Å². The number of benzene rings is 1. The van der Waals surface area contributed by atoms with Crippen LogP contribution in [0.15, 0.2) is 18.2 Å². The van der Waals surface area contributed by atoms with Crippen LogP contribution in [-0.2, 0) is 10.3 Å². The lowest BCUT2D eigenvalue weighted by Crippen LogP contribution is -2.40. The molecule has 1 saturated heterocycles. The zero-order valence-electron chi connectivity index (χ0n) is 8.30. The molecule has 2 rings (SSSR count). The van der Waals surface area contributed by atoms with Crippen molar-refractivity contribution in [2.45, 2.75) is 12.5 Å². The van der Waals surface area contributed by atoms with Gasteiger partial charge in [-0.3, -0.25) is 10.1 Å². The smallest absolute Gasteiger partial charge is 0.320 e. The summed E-state index contributed by atoms with van der Waals surface area (Å²) >= 11 is 0. The van der Waals surface area contributed by atoms with Crippen LogP contribution in [0.4, 0.5) is 13.6 Å². The van der Waals surface area contributed by atoms with Gasteiger partial charge in [-0.2, -0.15) is 0 Å². The van der Waals surface area contributed by atoms with Gasteiger partial charge in [0.2, 0.25) is 0 Å². The summed E-state index contributed by atoms with van der Waals surface area (Å²) in [7, 11) is 0. The maximum absolute atomic E-state index is 13.0. The molecule has 1 aromatic rings. The fourth-order valence-electron chi connectivity index (χ4n) is 1.55. The van der Waals surface area contributed by atoms with Crippen LogP contribution in [0.2, 0.25) is 0 Å². The van der Waals surface area contributed by atoms with E-state index < -0.39 is 29.1 Å². The lowest BCUT2D eigenvalue weighted by molar-refractivity contribution is -0.123. The Balaban J connectivity index is 2.47. The maximum atomic E-state index is 13.0. The van der Waals surface area contributed by atoms with Crippen LogP contribution in [0.25, 0.3) is 0 Å². The predicted octanol–water partition coefficient (Wildman–Crippen LogP) is 1.02. The van der Waals surface area contributed by atoms with E-state index in [1.54, 1.807) is 0 Å². The van der Waals surface area contributed by atoms with Gasteiger partial charge in [0.15, 0.2) is 11.6 Å². The Labute approximate surface area is 89.6 Å². The van der Waals surface area contributed by atoms with E-state index in [0.717, 1.165) is 12.1 Å². The number of hydrogen-bond acceptors (Lipinski definition) is 2. The summed E-state index contributed by atoms with van der Waals surface area (Å²) in [6.45, 7) is 1.42. The van der Waals surface area contributed by atoms with Crippen LogP contribution in [0.3, 0.4) is 0 Å². The fourth-order valence-corrected chi connectivity index (χ4v) is 1.55. The fraction of sp³-hybridized carbons (Fsp3) is 0.200. The van der Waals surface area contributed by atoms with E-state index >= 15 is 0 Å². The largest absolute Gasteiger partial charge is 0.322 e. The predicted molar refractivity (Wildman–Crippen MR) is 50.4 cm³/mol. The first-order valence-corrected chi connectivity index (χ1v) is 4.52. The molecular formula is C10H8F2N2O2. The molecule has 84 valence electrons. The number of halogens is 2. The minimum absolute atomic E-state index is 0.190. The van der Waals surface area contributed by atoms with Crippen LogP contribution in [-0.4, -0.2) is 11.9 Å². The van der Waals surface area contributed by atoms with Crippen LogP contribution < -0.4 is 10.6 Å². The summed E-state index contributed by atoms with van der Waals surface area (Å²) in [5.74, 6) is -2.66. The van der Waals surface area contributed by atoms with E-state index in [-0.39, 0.29) is 5.56 Å². The lowest BCUT2D eigenvalue weighted by atomic mass is 9.92. The van der Waals surface area contributed by atoms with Gasteiger partial charge in [0.05, 0.1) is 0 Å². The normalized spacial score (nSPS) is 24.2. The lowest BCUT2D eigenvalue weighted by Gasteiger charge is -2.20. The zero-order chi connectivity index (χ0) is 11.9. The molecule has 1 atom stereocenters. The molecule has 0 aliphatic carbocycles. The molecule has 3 amide bonds. The standard InChI is InChI=1S/C10H8F2N2O2/c1-10(8(15)13-9(16)14-10)5-2-3-6(11)7(12)4-5/h2-4H,1H3,(H2,13,14,15,16)/t10-/m0/s1. The summed E-state index contributed by atoms with van der Waals surface area (Å²) in [6.07, 6.45) is 0. The molecule has 1 aromatic carbocycles. The van der Waals surface area contributed by atoms with Crippen LogP contribution in [0.5, 0.6) is 0 Å². The molecule has 1 aliphatic heterocycles. The Kier molecular flexibility index (Phi) is 2.15. The van der Waals surface area contributed by atoms with Gasteiger partial charge in [0.1, 0.15) is 5.54 Å². The third-order valence-electron chi connectivity index (χ3n) is 2.54. The molecule has 4 nitrogen and oxygen atoms in total. The van der Waals surface area contributed by atoms with Gasteiger partial charge >= 0.3 is 6.03 Å². The van der Waals surface area contributed by atoms with Gasteiger partial charge in [-0.15, -0.1) is 0 Å². The number of nitrogens with one attached hydrogen (secondary N) is 2. The van der Waals surface area contributed by atoms with Crippen LogP contribution in [0, 0.1) is 11.6 Å². The maximum Gasteiger partial charge on any atom is 0.322 e. The van der Waals surface area contributed by atoms with Gasteiger partial charge < -0.3 is 5.32 Å². The summed E-state index contributed by atoms with van der Waals surface area (Å²) in [4.78, 5) is 22.5. The Hall–Kier alpha value is -1.98. The first kappa shape index (κ1) is 10.5. The molecule has 1 aliphatic rings. The number of carbonyl (C=O) groups is 2. The Bertz CT molecular complexity index is 490. The molecule has 0 bridgehead atoms. The Morgan fingerprint density at radius 3 is 2.38 bits per heavy atom. The SMILES string of the molecule is C[C@@]1(c2ccc(F)c(F)c2)NC(=O)NC1=O. The van der Waals surface area contributed by atoms with Crippen LogP contribution in [0.1, 0.15) is 12.5 Å². The molecule has 16 heavy (non-hydrogen) atoms. The molecule has 0 spiro atoms. The highest BCUT2D eigenvalue weighted by molar-refractivity contribution is 6.07. The van der Waals surface area contributed by atoms with E-state index in [1.165, 1.54) is 13.0 Å². The third kappa shape index (κ3) is 1.42. The number of urea groups is 1. The van der Waals surface area contributed by atoms with E-state index in [1.807, 2.05) is 5.32 Å². The Morgan fingerprint density at radius 1 is 1.19 bits per heavy atom. The summed E-state index contributed by atoms with van der Waals surface area (Å²) < 4.78 is 25.7. The first-order valence-electron chi connectivity index (χ1n) is 4.52. The highest BCUT2D eigenvalue weighted by atomic mass is 19.2. The van der Waals surface area contributed by atoms with E-state index in [4.69, 9.17) is 0 Å². The van der Waals surface area contributed by atoms with Gasteiger partial charge in [0, 0.05) is 0 Å². The van der Waals surface area contributed by atoms with E-state index in [9.17, 15) is 18.4 Å². The molecule has 0 radical (unpaired) electrons. The molecule has 0 aromatic heterocycles. The van der Waals surface area contributed by atoms with Crippen molar-refractivity contribution in [1.29, 1.82) is 0 Å². The Morgan fingerprint density at radius 2 is 1.88 bits per heavy atom. The van der Waals surface area contributed by atoms with Crippen LogP contribution >= 0.6 is 0 Å². The molecule has 1 heterocycles. The summed E-state index contributed by atoms with van der Waals surface area (Å²) in [5, 5.41) is 4.39. The van der Waals surface area contributed by atoms with Crippen molar-refractivity contribution in [3.8, 4) is 0 Å². The summed E-state index contributed by atoms with van der Waals surface area (Å²) in [6, 6.07) is 2.40. The highest BCUT2D eigenvalue weighted by Crippen LogP contribution is 2.25. The molecule has 2 N–H and O–H groups in total. The van der Waals surface area contributed by atoms with Crippen molar-refractivity contribution < 1.29 is 18.4 Å². The van der Waals surface area contributed by atoms with Crippen molar-refractivity contribution in [2.75, 3.05) is 0 Å². The van der Waals surface area contributed by atoms with Crippen molar-refractivity contribution in [2.24, 2.45) is 0 Å². The molecule has 6 heteroatoms. The number of rotatable bonds is 1. The number of hydrogen-bond donors (Lipinski definition) is 2. The minimum Gasteiger partial charge on any atom is -0.320 e. The first-order chi connectivity index (χ1) is 7.43. The second-order valence-corrected chi connectivity index (χ2v) is 3.66. The third-order valence-corrected chi connectivity index (χ3v) is 2.54. The minimum atomic E-state index is -1.36. The van der Waals surface area contributed by atoms with Gasteiger partial charge in [-0.25, -0.2) is 13.6 Å². The summed E-state index contributed by atoms with van der Waals surface area (Å²) in [5.41, 5.74) is -1.17. The van der Waals surface area contributed by atoms with E-state index in [0.29, 0.717) is 0 Å². The van der Waals surface area contributed by atoms with Crippen molar-refractivity contribution in [3.63, 3.8) is 0 Å². The molecule has 0 unspecified atom stereocenters. The van der Waals surface area contributed by atoms with Crippen molar-refractivity contribution in [1.82, 2.24) is 10.6 Å². The van der Waals surface area contributed by atoms with E-state index in [2.05, 4.69) is 5.32 Å². The number of imide groups is 1. The van der Waals surface area contributed by atoms with Crippen molar-refractivity contribution in [3.05, 3.63) is 35.4 Å². The molecular weight excluding hydrogens is 218 g/mol. The monoisotopic (exact) mass is 226 g/mol. The topological polar surface area (TPSA) is 58.2 Å². The second kappa shape index (κ2) is 3.26. The molecule has 0 saturated carbocycles. The van der Waals surface area contributed by atoms with Gasteiger partial charge in [-0.1, -0.05) is 6.07 Å². The van der Waals surface area contributed by atoms with Crippen molar-refractivity contribution >= 4 is 11.9 Å². The molecule has 1 fully saturated rings. The van der Waals surface area contributed by atoms with Gasteiger partial charge in [-0.05, 0) is 24.6 Å². The average molecular weight is 226 g/mol. The number of amides is 3. The quantitative estimate of drug-likeness (QED) is 0.702. The second-order valence-electron chi connectivity index (χ2n) is 3.66. The average Bonchev–Trinajstić information content (AvgIpc) is 2.46.